The Hall–Kier alpha value is -0.760. The van der Waals surface area contributed by atoms with Gasteiger partial charge in [-0.15, -0.1) is 0 Å². The summed E-state index contributed by atoms with van der Waals surface area (Å²) in [5.74, 6) is -20.6. The summed E-state index contributed by atoms with van der Waals surface area (Å²) in [6.45, 7) is 14.2. The molecule has 0 saturated carbocycles. The molecule has 30 heavy (non-hydrogen) atoms. The van der Waals surface area contributed by atoms with E-state index in [1.165, 1.54) is 30.7 Å². The topological polar surface area (TPSA) is 57.2 Å². The molecule has 0 saturated heterocycles. The van der Waals surface area contributed by atoms with Gasteiger partial charge in [-0.25, -0.2) is 8.42 Å². The van der Waals surface area contributed by atoms with Crippen LogP contribution in [0.5, 0.6) is 0 Å². The van der Waals surface area contributed by atoms with Crippen LogP contribution in [0.25, 0.3) is 0 Å². The van der Waals surface area contributed by atoms with Gasteiger partial charge in [0.05, 0.1) is 36.3 Å². The lowest BCUT2D eigenvalue weighted by molar-refractivity contribution is -0.921. The molecule has 0 radical (unpaired) electrons. The fourth-order valence-corrected chi connectivity index (χ4v) is 3.09. The van der Waals surface area contributed by atoms with Crippen molar-refractivity contribution in [1.29, 1.82) is 0 Å². The first kappa shape index (κ1) is 31.4. The molecule has 0 atom stereocenters. The maximum Gasteiger partial charge on any atom is 0.460 e. The largest absolute Gasteiger partial charge is 0.748 e. The molecule has 0 aliphatic heterocycles. The van der Waals surface area contributed by atoms with Gasteiger partial charge in [-0.2, -0.15) is 39.5 Å². The lowest BCUT2D eigenvalue weighted by Gasteiger charge is -2.34. The van der Waals surface area contributed by atoms with Gasteiger partial charge < -0.3 is 9.04 Å². The van der Waals surface area contributed by atoms with Crippen molar-refractivity contribution in [2.45, 2.75) is 70.9 Å². The summed E-state index contributed by atoms with van der Waals surface area (Å²) < 4.78 is 143. The second-order valence-corrected chi connectivity index (χ2v) is 8.20. The molecule has 0 aliphatic rings. The molecule has 0 rings (SSSR count). The highest BCUT2D eigenvalue weighted by Crippen LogP contribution is 2.54. The predicted molar refractivity (Wildman–Crippen MR) is 91.7 cm³/mol. The summed E-state index contributed by atoms with van der Waals surface area (Å²) in [7, 11) is -4.84. The van der Waals surface area contributed by atoms with E-state index in [-0.39, 0.29) is 0 Å². The molecular weight excluding hydrogens is 457 g/mol. The summed E-state index contributed by atoms with van der Waals surface area (Å²) >= 11 is 0. The Bertz CT molecular complexity index is 586. The number of hydrogen-bond acceptors (Lipinski definition) is 3. The third kappa shape index (κ3) is 8.40. The van der Waals surface area contributed by atoms with Crippen molar-refractivity contribution in [2.75, 3.05) is 31.9 Å². The lowest BCUT2D eigenvalue weighted by atomic mass is 9.99. The van der Waals surface area contributed by atoms with Crippen molar-refractivity contribution >= 4 is 10.1 Å². The van der Waals surface area contributed by atoms with Gasteiger partial charge >= 0.3 is 23.9 Å². The average molecular weight is 485 g/mol. The minimum atomic E-state index is -6.96. The molecule has 0 aromatic carbocycles. The maximum atomic E-state index is 12.9. The highest BCUT2D eigenvalue weighted by molar-refractivity contribution is 7.85. The summed E-state index contributed by atoms with van der Waals surface area (Å²) in [5, 5.41) is 0. The van der Waals surface area contributed by atoms with E-state index in [0.29, 0.717) is 0 Å². The second kappa shape index (κ2) is 11.2. The van der Waals surface area contributed by atoms with Crippen LogP contribution in [0.4, 0.5) is 39.5 Å². The van der Waals surface area contributed by atoms with Gasteiger partial charge in [-0.3, -0.25) is 0 Å². The van der Waals surface area contributed by atoms with E-state index in [0.717, 1.165) is 0 Å². The molecule has 0 amide bonds. The molecule has 14 heteroatoms. The van der Waals surface area contributed by atoms with Gasteiger partial charge in [0.2, 0.25) is 0 Å². The fraction of sp³-hybridized carbons (Fsp3) is 1.00. The molecule has 0 bridgehead atoms. The SMILES string of the molecule is CC[N+](CC)(CC)CC.O=S(=O)([O-])CCCCC(F)(F)C(F)(F)C(F)(F)C(F)(F)F. The van der Waals surface area contributed by atoms with Crippen molar-refractivity contribution < 1.29 is 57.0 Å². The van der Waals surface area contributed by atoms with Crippen LogP contribution in [0, 0.1) is 0 Å². The Morgan fingerprint density at radius 2 is 1.07 bits per heavy atom. The Labute approximate surface area is 170 Å². The molecule has 0 N–H and O–H groups in total. The lowest BCUT2D eigenvalue weighted by Crippen LogP contribution is -2.60. The predicted octanol–water partition coefficient (Wildman–Crippen LogP) is 5.05. The Morgan fingerprint density at radius 3 is 1.30 bits per heavy atom. The Morgan fingerprint density at radius 1 is 0.700 bits per heavy atom. The first-order chi connectivity index (χ1) is 13.2. The summed E-state index contributed by atoms with van der Waals surface area (Å²) in [6, 6.07) is 0. The summed E-state index contributed by atoms with van der Waals surface area (Å²) in [5.41, 5.74) is 0. The molecule has 184 valence electrons. The van der Waals surface area contributed by atoms with Crippen molar-refractivity contribution in [1.82, 2.24) is 0 Å². The Balaban J connectivity index is 0. The third-order valence-corrected chi connectivity index (χ3v) is 5.82. The highest BCUT2D eigenvalue weighted by atomic mass is 32.2. The van der Waals surface area contributed by atoms with Crippen molar-refractivity contribution in [2.24, 2.45) is 0 Å². The second-order valence-electron chi connectivity index (χ2n) is 6.68. The zero-order chi connectivity index (χ0) is 24.7. The minimum absolute atomic E-state index is 0.880. The summed E-state index contributed by atoms with van der Waals surface area (Å²) in [6.07, 6.45) is -11.1. The molecule has 0 fully saturated rings. The van der Waals surface area contributed by atoms with Crippen molar-refractivity contribution in [3.8, 4) is 0 Å². The van der Waals surface area contributed by atoms with Crippen LogP contribution in [0.15, 0.2) is 0 Å². The molecule has 0 heterocycles. The molecule has 0 aromatic heterocycles. The highest BCUT2D eigenvalue weighted by Gasteiger charge is 2.81. The van der Waals surface area contributed by atoms with Gasteiger partial charge in [0, 0.05) is 12.2 Å². The van der Waals surface area contributed by atoms with Crippen LogP contribution in [-0.2, 0) is 10.1 Å². The van der Waals surface area contributed by atoms with E-state index >= 15 is 0 Å². The molecular formula is C16H28F9NO3S. The normalized spacial score (nSPS) is 14.3. The monoisotopic (exact) mass is 485 g/mol. The number of unbranched alkanes of at least 4 members (excludes halogenated alkanes) is 1. The van der Waals surface area contributed by atoms with Gasteiger partial charge in [0.1, 0.15) is 0 Å². The minimum Gasteiger partial charge on any atom is -0.748 e. The van der Waals surface area contributed by atoms with E-state index in [2.05, 4.69) is 27.7 Å². The van der Waals surface area contributed by atoms with Crippen LogP contribution in [0.3, 0.4) is 0 Å². The Kier molecular flexibility index (Phi) is 11.7. The number of rotatable bonds is 11. The molecule has 0 unspecified atom stereocenters. The molecule has 0 aliphatic carbocycles. The van der Waals surface area contributed by atoms with Gasteiger partial charge in [-0.05, 0) is 40.5 Å². The summed E-state index contributed by atoms with van der Waals surface area (Å²) in [4.78, 5) is 0. The van der Waals surface area contributed by atoms with Crippen LogP contribution in [-0.4, -0.2) is 73.3 Å². The first-order valence-corrected chi connectivity index (χ1v) is 10.8. The van der Waals surface area contributed by atoms with E-state index in [9.17, 15) is 52.5 Å². The van der Waals surface area contributed by atoms with Crippen LogP contribution < -0.4 is 0 Å². The number of halogens is 9. The standard InChI is InChI=1S/C8H9F9O3S.C8H20N/c9-5(10,3-1-2-4-21(18,19)20)6(11,12)7(13,14)8(15,16)17;1-5-9(6-2,7-3)8-4/h1-4H2,(H,18,19,20);5-8H2,1-4H3/q;+1/p-1. The van der Waals surface area contributed by atoms with Gasteiger partial charge in [0.25, 0.3) is 0 Å². The molecule has 0 spiro atoms. The maximum absolute atomic E-state index is 12.9. The number of nitrogens with zero attached hydrogens (tertiary/aromatic N) is 1. The van der Waals surface area contributed by atoms with Gasteiger partial charge in [0.15, 0.2) is 0 Å². The van der Waals surface area contributed by atoms with Crippen LogP contribution >= 0.6 is 0 Å². The number of hydrogen-bond donors (Lipinski definition) is 0. The molecule has 4 nitrogen and oxygen atoms in total. The van der Waals surface area contributed by atoms with E-state index < -0.39 is 59.1 Å². The quantitative estimate of drug-likeness (QED) is 0.178. The first-order valence-electron chi connectivity index (χ1n) is 9.19. The molecule has 0 aromatic rings. The number of quaternary nitrogens is 1. The van der Waals surface area contributed by atoms with E-state index in [1.54, 1.807) is 0 Å². The van der Waals surface area contributed by atoms with Crippen molar-refractivity contribution in [3.05, 3.63) is 0 Å². The zero-order valence-electron chi connectivity index (χ0n) is 17.1. The van der Waals surface area contributed by atoms with E-state index in [1.807, 2.05) is 0 Å². The van der Waals surface area contributed by atoms with Crippen LogP contribution in [0.1, 0.15) is 47.0 Å². The van der Waals surface area contributed by atoms with Crippen molar-refractivity contribution in [3.63, 3.8) is 0 Å². The average Bonchev–Trinajstić information content (AvgIpc) is 2.60. The van der Waals surface area contributed by atoms with E-state index in [4.69, 9.17) is 0 Å². The van der Waals surface area contributed by atoms with Gasteiger partial charge in [-0.1, -0.05) is 0 Å². The smallest absolute Gasteiger partial charge is 0.460 e. The third-order valence-electron chi connectivity index (χ3n) is 5.03. The number of alkyl halides is 9. The van der Waals surface area contributed by atoms with Crippen LogP contribution in [0.2, 0.25) is 0 Å². The fourth-order valence-electron chi connectivity index (χ4n) is 2.53. The zero-order valence-corrected chi connectivity index (χ0v) is 18.0.